The topological polar surface area (TPSA) is 13.1 Å². The number of benzene rings is 2. The van der Waals surface area contributed by atoms with E-state index < -0.39 is 0 Å². The predicted octanol–water partition coefficient (Wildman–Crippen LogP) is 5.69. The fraction of sp³-hybridized carbons (Fsp3) is 0.222. The number of aryl methyl sites for hydroxylation is 1. The number of rotatable bonds is 2. The van der Waals surface area contributed by atoms with Crippen LogP contribution >= 0.6 is 0 Å². The van der Waals surface area contributed by atoms with Gasteiger partial charge in [-0.05, 0) is 29.3 Å². The summed E-state index contributed by atoms with van der Waals surface area (Å²) >= 11 is 0. The first kappa shape index (κ1) is 13.4. The van der Waals surface area contributed by atoms with Crippen molar-refractivity contribution in [3.8, 4) is 11.1 Å². The second-order valence-electron chi connectivity index (χ2n) is 4.18. The van der Waals surface area contributed by atoms with Gasteiger partial charge in [-0.25, -0.2) is 0 Å². The van der Waals surface area contributed by atoms with E-state index in [1.54, 1.807) is 0 Å². The molecule has 0 unspecified atom stereocenters. The van der Waals surface area contributed by atoms with Gasteiger partial charge in [-0.2, -0.15) is 0 Å². The van der Waals surface area contributed by atoms with Gasteiger partial charge in [-0.1, -0.05) is 57.2 Å². The normalized spacial score (nSPS) is 10.1. The highest BCUT2D eigenvalue weighted by atomic mass is 16.3. The summed E-state index contributed by atoms with van der Waals surface area (Å²) in [5.74, 6) is 1.05. The summed E-state index contributed by atoms with van der Waals surface area (Å²) < 4.78 is 5.71. The molecule has 0 aliphatic carbocycles. The molecule has 0 saturated heterocycles. The molecule has 3 aromatic rings. The van der Waals surface area contributed by atoms with Crippen molar-refractivity contribution < 1.29 is 4.42 Å². The highest BCUT2D eigenvalue weighted by Gasteiger charge is 2.04. The van der Waals surface area contributed by atoms with E-state index in [-0.39, 0.29) is 0 Å². The lowest BCUT2D eigenvalue weighted by Crippen LogP contribution is -1.75. The average molecular weight is 252 g/mol. The van der Waals surface area contributed by atoms with Gasteiger partial charge in [0, 0.05) is 11.8 Å². The molecule has 0 spiro atoms. The van der Waals surface area contributed by atoms with Crippen molar-refractivity contribution in [2.24, 2.45) is 0 Å². The maximum Gasteiger partial charge on any atom is 0.134 e. The Balaban J connectivity index is 0.000000637. The molecule has 19 heavy (non-hydrogen) atoms. The zero-order valence-corrected chi connectivity index (χ0v) is 11.8. The molecule has 1 nitrogen and oxygen atoms in total. The Labute approximate surface area is 114 Å². The smallest absolute Gasteiger partial charge is 0.134 e. The number of hydrogen-bond acceptors (Lipinski definition) is 1. The molecule has 1 aromatic heterocycles. The molecule has 0 fully saturated rings. The van der Waals surface area contributed by atoms with Crippen LogP contribution in [-0.4, -0.2) is 0 Å². The van der Waals surface area contributed by atoms with Crippen molar-refractivity contribution >= 4 is 11.0 Å². The molecule has 98 valence electrons. The van der Waals surface area contributed by atoms with Crippen LogP contribution in [0.5, 0.6) is 0 Å². The molecule has 0 aliphatic heterocycles. The summed E-state index contributed by atoms with van der Waals surface area (Å²) in [7, 11) is 0. The van der Waals surface area contributed by atoms with Crippen LogP contribution in [0, 0.1) is 0 Å². The lowest BCUT2D eigenvalue weighted by molar-refractivity contribution is 0.557. The third kappa shape index (κ3) is 2.87. The Kier molecular flexibility index (Phi) is 4.40. The van der Waals surface area contributed by atoms with Crippen molar-refractivity contribution in [3.63, 3.8) is 0 Å². The van der Waals surface area contributed by atoms with E-state index in [0.717, 1.165) is 17.8 Å². The first-order chi connectivity index (χ1) is 9.36. The molecular formula is C18H20O. The van der Waals surface area contributed by atoms with Crippen LogP contribution in [0.1, 0.15) is 26.5 Å². The van der Waals surface area contributed by atoms with Gasteiger partial charge in [0.25, 0.3) is 0 Å². The molecule has 0 radical (unpaired) electrons. The van der Waals surface area contributed by atoms with Gasteiger partial charge in [0.1, 0.15) is 11.3 Å². The standard InChI is InChI=1S/C16H14O.C2H6/c1-2-15-11-14-10-13(8-9-16(14)17-15)12-6-4-3-5-7-12;1-2/h3-11H,2H2,1H3;1-2H3. The van der Waals surface area contributed by atoms with Crippen LogP contribution < -0.4 is 0 Å². The van der Waals surface area contributed by atoms with Gasteiger partial charge in [0.2, 0.25) is 0 Å². The van der Waals surface area contributed by atoms with Crippen LogP contribution in [0.4, 0.5) is 0 Å². The average Bonchev–Trinajstić information content (AvgIpc) is 2.92. The lowest BCUT2D eigenvalue weighted by atomic mass is 10.0. The lowest BCUT2D eigenvalue weighted by Gasteiger charge is -2.00. The summed E-state index contributed by atoms with van der Waals surface area (Å²) in [5, 5.41) is 1.18. The Morgan fingerprint density at radius 1 is 0.842 bits per heavy atom. The van der Waals surface area contributed by atoms with E-state index in [1.165, 1.54) is 16.5 Å². The Morgan fingerprint density at radius 3 is 2.26 bits per heavy atom. The highest BCUT2D eigenvalue weighted by Crippen LogP contribution is 2.26. The minimum absolute atomic E-state index is 0.940. The third-order valence-electron chi connectivity index (χ3n) is 3.02. The minimum atomic E-state index is 0.940. The molecular weight excluding hydrogens is 232 g/mol. The number of hydrogen-bond donors (Lipinski definition) is 0. The summed E-state index contributed by atoms with van der Waals surface area (Å²) in [6, 6.07) is 18.9. The maximum atomic E-state index is 5.71. The van der Waals surface area contributed by atoms with Gasteiger partial charge in [0.05, 0.1) is 0 Å². The summed E-state index contributed by atoms with van der Waals surface area (Å²) in [5.41, 5.74) is 3.46. The fourth-order valence-electron chi connectivity index (χ4n) is 2.08. The quantitative estimate of drug-likeness (QED) is 0.571. The van der Waals surface area contributed by atoms with Gasteiger partial charge < -0.3 is 4.42 Å². The molecule has 0 bridgehead atoms. The van der Waals surface area contributed by atoms with Crippen LogP contribution in [0.2, 0.25) is 0 Å². The van der Waals surface area contributed by atoms with Gasteiger partial charge in [-0.15, -0.1) is 0 Å². The van der Waals surface area contributed by atoms with Crippen LogP contribution in [0.25, 0.3) is 22.1 Å². The molecule has 3 rings (SSSR count). The van der Waals surface area contributed by atoms with Crippen molar-refractivity contribution in [1.29, 1.82) is 0 Å². The molecule has 0 atom stereocenters. The fourth-order valence-corrected chi connectivity index (χ4v) is 2.08. The zero-order chi connectivity index (χ0) is 13.7. The van der Waals surface area contributed by atoms with E-state index >= 15 is 0 Å². The Morgan fingerprint density at radius 2 is 1.58 bits per heavy atom. The predicted molar refractivity (Wildman–Crippen MR) is 82.4 cm³/mol. The molecule has 0 saturated carbocycles. The van der Waals surface area contributed by atoms with E-state index in [2.05, 4.69) is 55.5 Å². The third-order valence-corrected chi connectivity index (χ3v) is 3.02. The summed E-state index contributed by atoms with van der Waals surface area (Å²) in [4.78, 5) is 0. The molecule has 1 heteroatoms. The number of furan rings is 1. The van der Waals surface area contributed by atoms with Crippen LogP contribution in [0.3, 0.4) is 0 Å². The van der Waals surface area contributed by atoms with Crippen molar-refractivity contribution in [2.45, 2.75) is 27.2 Å². The first-order valence-electron chi connectivity index (χ1n) is 6.94. The first-order valence-corrected chi connectivity index (χ1v) is 6.94. The van der Waals surface area contributed by atoms with Crippen molar-refractivity contribution in [2.75, 3.05) is 0 Å². The zero-order valence-electron chi connectivity index (χ0n) is 11.8. The molecule has 0 aliphatic rings. The largest absolute Gasteiger partial charge is 0.461 e. The van der Waals surface area contributed by atoms with E-state index in [9.17, 15) is 0 Å². The monoisotopic (exact) mass is 252 g/mol. The second-order valence-corrected chi connectivity index (χ2v) is 4.18. The van der Waals surface area contributed by atoms with E-state index in [1.807, 2.05) is 19.9 Å². The van der Waals surface area contributed by atoms with Gasteiger partial charge in [0.15, 0.2) is 0 Å². The van der Waals surface area contributed by atoms with Gasteiger partial charge >= 0.3 is 0 Å². The van der Waals surface area contributed by atoms with Crippen molar-refractivity contribution in [3.05, 3.63) is 60.4 Å². The van der Waals surface area contributed by atoms with E-state index in [4.69, 9.17) is 4.42 Å². The molecule has 2 aromatic carbocycles. The highest BCUT2D eigenvalue weighted by molar-refractivity contribution is 5.84. The molecule has 0 N–H and O–H groups in total. The minimum Gasteiger partial charge on any atom is -0.461 e. The number of fused-ring (bicyclic) bond motifs is 1. The Hall–Kier alpha value is -2.02. The summed E-state index contributed by atoms with van der Waals surface area (Å²) in [6.07, 6.45) is 0.940. The second kappa shape index (κ2) is 6.24. The maximum absolute atomic E-state index is 5.71. The Bertz CT molecular complexity index is 635. The molecule has 1 heterocycles. The van der Waals surface area contributed by atoms with Crippen molar-refractivity contribution in [1.82, 2.24) is 0 Å². The van der Waals surface area contributed by atoms with Crippen LogP contribution in [0.15, 0.2) is 59.0 Å². The van der Waals surface area contributed by atoms with Crippen LogP contribution in [-0.2, 0) is 6.42 Å². The SMILES string of the molecule is CC.CCc1cc2cc(-c3ccccc3)ccc2o1. The summed E-state index contributed by atoms with van der Waals surface area (Å²) in [6.45, 7) is 6.11. The molecule has 0 amide bonds. The van der Waals surface area contributed by atoms with Gasteiger partial charge in [-0.3, -0.25) is 0 Å². The van der Waals surface area contributed by atoms with E-state index in [0.29, 0.717) is 0 Å².